The molecule has 1 nitrogen and oxygen atoms in total. The van der Waals surface area contributed by atoms with E-state index in [2.05, 4.69) is 86.1 Å². The van der Waals surface area contributed by atoms with Crippen LogP contribution < -0.4 is 0 Å². The Morgan fingerprint density at radius 2 is 1.48 bits per heavy atom. The van der Waals surface area contributed by atoms with Crippen molar-refractivity contribution in [3.8, 4) is 0 Å². The van der Waals surface area contributed by atoms with E-state index < -0.39 is 0 Å². The van der Waals surface area contributed by atoms with Crippen molar-refractivity contribution in [3.63, 3.8) is 0 Å². The van der Waals surface area contributed by atoms with Gasteiger partial charge in [0.2, 0.25) is 0 Å². The Hall–Kier alpha value is -1.86. The highest BCUT2D eigenvalue weighted by Gasteiger charge is 2.41. The largest absolute Gasteiger partial charge is 0.298 e. The summed E-state index contributed by atoms with van der Waals surface area (Å²) in [6.45, 7) is 7.56. The maximum Gasteiger partial charge on any atom is 0.0416 e. The predicted octanol–water partition coefficient (Wildman–Crippen LogP) is 4.65. The van der Waals surface area contributed by atoms with Crippen molar-refractivity contribution < 1.29 is 0 Å². The third-order valence-corrected chi connectivity index (χ3v) is 4.67. The van der Waals surface area contributed by atoms with Crippen LogP contribution in [0.25, 0.3) is 0 Å². The Labute approximate surface area is 127 Å². The third-order valence-electron chi connectivity index (χ3n) is 4.67. The number of benzene rings is 2. The molecule has 0 aromatic heterocycles. The molecule has 1 heteroatoms. The van der Waals surface area contributed by atoms with Crippen molar-refractivity contribution in [3.05, 3.63) is 83.9 Å². The van der Waals surface area contributed by atoms with E-state index in [0.717, 1.165) is 6.54 Å². The standard InChI is InChI=1S/C20H23N/c1-15(2)19-18(16-10-6-4-7-11-16)14-21(3)20(19)17-12-8-5-9-13-17/h4-13,18-20H,1,14H2,2-3H3/t18-,19+,20?/m0/s1. The quantitative estimate of drug-likeness (QED) is 0.738. The summed E-state index contributed by atoms with van der Waals surface area (Å²) in [4.78, 5) is 2.48. The van der Waals surface area contributed by atoms with Crippen LogP contribution in [0.4, 0.5) is 0 Å². The minimum Gasteiger partial charge on any atom is -0.298 e. The van der Waals surface area contributed by atoms with Crippen molar-refractivity contribution in [1.82, 2.24) is 4.90 Å². The van der Waals surface area contributed by atoms with Gasteiger partial charge in [0, 0.05) is 24.4 Å². The zero-order valence-corrected chi connectivity index (χ0v) is 12.9. The van der Waals surface area contributed by atoms with Crippen molar-refractivity contribution in [2.75, 3.05) is 13.6 Å². The molecule has 0 N–H and O–H groups in total. The molecule has 2 aromatic carbocycles. The van der Waals surface area contributed by atoms with Gasteiger partial charge in [-0.15, -0.1) is 0 Å². The molecule has 3 atom stereocenters. The first kappa shape index (κ1) is 14.1. The lowest BCUT2D eigenvalue weighted by Crippen LogP contribution is -2.21. The lowest BCUT2D eigenvalue weighted by atomic mass is 9.79. The van der Waals surface area contributed by atoms with E-state index in [-0.39, 0.29) is 0 Å². The Kier molecular flexibility index (Phi) is 3.94. The van der Waals surface area contributed by atoms with Crippen molar-refractivity contribution in [2.24, 2.45) is 5.92 Å². The van der Waals surface area contributed by atoms with Gasteiger partial charge >= 0.3 is 0 Å². The summed E-state index contributed by atoms with van der Waals surface area (Å²) in [5.41, 5.74) is 4.10. The lowest BCUT2D eigenvalue weighted by molar-refractivity contribution is 0.292. The summed E-state index contributed by atoms with van der Waals surface area (Å²) < 4.78 is 0. The normalized spacial score (nSPS) is 25.9. The summed E-state index contributed by atoms with van der Waals surface area (Å²) in [6, 6.07) is 22.1. The van der Waals surface area contributed by atoms with Gasteiger partial charge in [-0.2, -0.15) is 0 Å². The Balaban J connectivity index is 2.00. The van der Waals surface area contributed by atoms with Crippen LogP contribution in [0.5, 0.6) is 0 Å². The van der Waals surface area contributed by atoms with E-state index in [1.54, 1.807) is 0 Å². The minimum absolute atomic E-state index is 0.425. The van der Waals surface area contributed by atoms with Gasteiger partial charge in [-0.3, -0.25) is 4.90 Å². The fourth-order valence-corrected chi connectivity index (χ4v) is 3.77. The molecule has 0 bridgehead atoms. The van der Waals surface area contributed by atoms with Crippen molar-refractivity contribution in [2.45, 2.75) is 18.9 Å². The molecule has 21 heavy (non-hydrogen) atoms. The molecule has 3 rings (SSSR count). The number of hydrogen-bond acceptors (Lipinski definition) is 1. The van der Waals surface area contributed by atoms with Gasteiger partial charge in [-0.1, -0.05) is 72.8 Å². The number of rotatable bonds is 3. The van der Waals surface area contributed by atoms with E-state index in [1.807, 2.05) is 0 Å². The fraction of sp³-hybridized carbons (Fsp3) is 0.300. The Morgan fingerprint density at radius 3 is 2.00 bits per heavy atom. The molecule has 1 aliphatic heterocycles. The Bertz CT molecular complexity index is 602. The predicted molar refractivity (Wildman–Crippen MR) is 89.3 cm³/mol. The SMILES string of the molecule is C=C(C)[C@H]1C(c2ccccc2)N(C)C[C@H]1c1ccccc1. The van der Waals surface area contributed by atoms with Crippen molar-refractivity contribution in [1.29, 1.82) is 0 Å². The van der Waals surface area contributed by atoms with Crippen LogP contribution in [0.2, 0.25) is 0 Å². The summed E-state index contributed by atoms with van der Waals surface area (Å²) in [5.74, 6) is 0.999. The van der Waals surface area contributed by atoms with E-state index in [4.69, 9.17) is 0 Å². The number of nitrogens with zero attached hydrogens (tertiary/aromatic N) is 1. The van der Waals surface area contributed by atoms with Gasteiger partial charge in [0.15, 0.2) is 0 Å². The maximum atomic E-state index is 4.30. The van der Waals surface area contributed by atoms with Gasteiger partial charge in [0.1, 0.15) is 0 Å². The molecule has 1 saturated heterocycles. The zero-order chi connectivity index (χ0) is 14.8. The summed E-state index contributed by atoms with van der Waals surface area (Å²) in [6.07, 6.45) is 0. The Morgan fingerprint density at radius 1 is 0.952 bits per heavy atom. The molecular formula is C20H23N. The second-order valence-corrected chi connectivity index (χ2v) is 6.18. The number of likely N-dealkylation sites (tertiary alicyclic amines) is 1. The number of likely N-dealkylation sites (N-methyl/N-ethyl adjacent to an activating group) is 1. The van der Waals surface area contributed by atoms with Gasteiger partial charge in [0.25, 0.3) is 0 Å². The second kappa shape index (κ2) is 5.87. The monoisotopic (exact) mass is 277 g/mol. The highest BCUT2D eigenvalue weighted by Crippen LogP contribution is 2.47. The van der Waals surface area contributed by atoms with Gasteiger partial charge in [-0.05, 0) is 25.1 Å². The molecule has 108 valence electrons. The molecule has 0 saturated carbocycles. The van der Waals surface area contributed by atoms with Crippen molar-refractivity contribution >= 4 is 0 Å². The first-order valence-corrected chi connectivity index (χ1v) is 7.64. The fourth-order valence-electron chi connectivity index (χ4n) is 3.77. The molecular weight excluding hydrogens is 254 g/mol. The highest BCUT2D eigenvalue weighted by molar-refractivity contribution is 5.32. The molecule has 0 aliphatic carbocycles. The van der Waals surface area contributed by atoms with Crippen LogP contribution in [0, 0.1) is 5.92 Å². The average Bonchev–Trinajstić information content (AvgIpc) is 2.87. The van der Waals surface area contributed by atoms with Crippen LogP contribution in [0.15, 0.2) is 72.8 Å². The third kappa shape index (κ3) is 2.66. The molecule has 0 radical (unpaired) electrons. The van der Waals surface area contributed by atoms with Gasteiger partial charge in [-0.25, -0.2) is 0 Å². The summed E-state index contributed by atoms with van der Waals surface area (Å²) >= 11 is 0. The molecule has 1 heterocycles. The molecule has 1 fully saturated rings. The highest BCUT2D eigenvalue weighted by atomic mass is 15.2. The first-order chi connectivity index (χ1) is 10.2. The van der Waals surface area contributed by atoms with E-state index in [0.29, 0.717) is 17.9 Å². The van der Waals surface area contributed by atoms with Crippen LogP contribution in [0.1, 0.15) is 30.0 Å². The van der Waals surface area contributed by atoms with Gasteiger partial charge in [0.05, 0.1) is 0 Å². The maximum absolute atomic E-state index is 4.30. The van der Waals surface area contributed by atoms with Crippen LogP contribution >= 0.6 is 0 Å². The average molecular weight is 277 g/mol. The van der Waals surface area contributed by atoms with Crippen LogP contribution in [0.3, 0.4) is 0 Å². The van der Waals surface area contributed by atoms with E-state index >= 15 is 0 Å². The lowest BCUT2D eigenvalue weighted by Gasteiger charge is -2.27. The smallest absolute Gasteiger partial charge is 0.0416 e. The first-order valence-electron chi connectivity index (χ1n) is 7.64. The number of hydrogen-bond donors (Lipinski definition) is 0. The molecule has 1 aliphatic rings. The topological polar surface area (TPSA) is 3.24 Å². The molecule has 2 aromatic rings. The summed E-state index contributed by atoms with van der Waals surface area (Å²) in [5, 5.41) is 0. The van der Waals surface area contributed by atoms with Gasteiger partial charge < -0.3 is 0 Å². The van der Waals surface area contributed by atoms with Crippen LogP contribution in [-0.4, -0.2) is 18.5 Å². The second-order valence-electron chi connectivity index (χ2n) is 6.18. The van der Waals surface area contributed by atoms with E-state index in [1.165, 1.54) is 16.7 Å². The molecule has 1 unspecified atom stereocenters. The molecule has 0 amide bonds. The molecule has 0 spiro atoms. The zero-order valence-electron chi connectivity index (χ0n) is 12.9. The van der Waals surface area contributed by atoms with Crippen LogP contribution in [-0.2, 0) is 0 Å². The minimum atomic E-state index is 0.425. The summed E-state index contributed by atoms with van der Waals surface area (Å²) in [7, 11) is 2.23. The van der Waals surface area contributed by atoms with E-state index in [9.17, 15) is 0 Å².